The normalized spacial score (nSPS) is 14.6. The van der Waals surface area contributed by atoms with Gasteiger partial charge in [0.25, 0.3) is 0 Å². The molecule has 0 saturated carbocycles. The second-order valence-electron chi connectivity index (χ2n) is 10.1. The number of unbranched alkanes of at least 4 members (excludes halogenated alkanes) is 13. The van der Waals surface area contributed by atoms with Crippen LogP contribution in [0.4, 0.5) is 0 Å². The van der Waals surface area contributed by atoms with Crippen LogP contribution < -0.4 is 0 Å². The maximum absolute atomic E-state index is 12.4. The Bertz CT molecular complexity index is 700. The molecule has 0 fully saturated rings. The molecule has 0 aromatic heterocycles. The van der Waals surface area contributed by atoms with Gasteiger partial charge in [0.1, 0.15) is 12.7 Å². The smallest absolute Gasteiger partial charge is 0.461 e. The van der Waals surface area contributed by atoms with Crippen LogP contribution in [0.3, 0.4) is 0 Å². The Kier molecular flexibility index (Phi) is 25.7. The third-order valence-electron chi connectivity index (χ3n) is 6.18. The quantitative estimate of drug-likeness (QED) is 0.0416. The first-order valence-electron chi connectivity index (χ1n) is 15.1. The van der Waals surface area contributed by atoms with Gasteiger partial charge in [0.15, 0.2) is 6.10 Å². The summed E-state index contributed by atoms with van der Waals surface area (Å²) in [6.07, 6.45) is 18.6. The number of carbonyl (C=O) groups is 2. The Balaban J connectivity index is 4.37. The lowest BCUT2D eigenvalue weighted by Gasteiger charge is -2.20. The maximum atomic E-state index is 12.4. The molecule has 10 nitrogen and oxygen atoms in total. The highest BCUT2D eigenvalue weighted by atomic mass is 31.2. The first kappa shape index (κ1) is 38.7. The summed E-state index contributed by atoms with van der Waals surface area (Å²) in [6, 6.07) is 0. The Morgan fingerprint density at radius 2 is 1.30 bits per heavy atom. The lowest BCUT2D eigenvalue weighted by atomic mass is 10.0. The zero-order valence-electron chi connectivity index (χ0n) is 24.8. The van der Waals surface area contributed by atoms with Gasteiger partial charge in [-0.25, -0.2) is 4.57 Å². The number of ether oxygens (including phenoxy) is 2. The standard InChI is InChI=1S/C29H55O10P/c1-3-5-7-9-10-11-12-13-14-15-16-17-19-21-29(33)39-27(24-36-28(32)20-18-8-6-4-2)25-38-40(34,35)37-23-26(31)22-30/h8,18,26-27,30-31H,3-7,9-17,19-25H2,1-2H3,(H,34,35)/b18-8+/t26-,27+/m0/s1. The van der Waals surface area contributed by atoms with Gasteiger partial charge in [0, 0.05) is 6.42 Å². The third kappa shape index (κ3) is 25.7. The lowest BCUT2D eigenvalue weighted by Crippen LogP contribution is -2.29. The molecular formula is C29H55O10P. The van der Waals surface area contributed by atoms with Crippen LogP contribution in [0.25, 0.3) is 0 Å². The molecule has 0 aliphatic heterocycles. The van der Waals surface area contributed by atoms with Gasteiger partial charge in [-0.05, 0) is 12.8 Å². The molecule has 3 atom stereocenters. The minimum atomic E-state index is -4.59. The van der Waals surface area contributed by atoms with E-state index in [0.717, 1.165) is 32.1 Å². The number of rotatable bonds is 28. The minimum Gasteiger partial charge on any atom is -0.461 e. The van der Waals surface area contributed by atoms with Crippen molar-refractivity contribution in [2.45, 2.75) is 135 Å². The zero-order chi connectivity index (χ0) is 29.9. The van der Waals surface area contributed by atoms with Crippen LogP contribution in [0, 0.1) is 0 Å². The van der Waals surface area contributed by atoms with Gasteiger partial charge in [-0.3, -0.25) is 18.6 Å². The van der Waals surface area contributed by atoms with Crippen molar-refractivity contribution >= 4 is 19.8 Å². The maximum Gasteiger partial charge on any atom is 0.472 e. The van der Waals surface area contributed by atoms with Crippen molar-refractivity contribution in [3.8, 4) is 0 Å². The van der Waals surface area contributed by atoms with E-state index >= 15 is 0 Å². The van der Waals surface area contributed by atoms with E-state index in [2.05, 4.69) is 11.4 Å². The van der Waals surface area contributed by atoms with E-state index in [-0.39, 0.29) is 19.4 Å². The summed E-state index contributed by atoms with van der Waals surface area (Å²) in [7, 11) is -4.59. The second-order valence-corrected chi connectivity index (χ2v) is 11.6. The van der Waals surface area contributed by atoms with Gasteiger partial charge in [-0.2, -0.15) is 0 Å². The van der Waals surface area contributed by atoms with Crippen molar-refractivity contribution in [3.63, 3.8) is 0 Å². The number of hydrogen-bond donors (Lipinski definition) is 3. The fourth-order valence-corrected chi connectivity index (χ4v) is 4.59. The van der Waals surface area contributed by atoms with Gasteiger partial charge in [-0.1, -0.05) is 109 Å². The molecular weight excluding hydrogens is 539 g/mol. The number of aliphatic hydroxyl groups is 2. The van der Waals surface area contributed by atoms with Crippen molar-refractivity contribution in [3.05, 3.63) is 12.2 Å². The molecule has 0 radical (unpaired) electrons. The van der Waals surface area contributed by atoms with E-state index in [1.165, 1.54) is 57.8 Å². The molecule has 40 heavy (non-hydrogen) atoms. The van der Waals surface area contributed by atoms with Gasteiger partial charge >= 0.3 is 19.8 Å². The SMILES string of the molecule is CCC/C=C/CC(=O)OC[C@H](COP(=O)(O)OC[C@@H](O)CO)OC(=O)CCCCCCCCCCCCCCC. The summed E-state index contributed by atoms with van der Waals surface area (Å²) in [5.74, 6) is -1.04. The highest BCUT2D eigenvalue weighted by Crippen LogP contribution is 2.43. The summed E-state index contributed by atoms with van der Waals surface area (Å²) in [5.41, 5.74) is 0. The molecule has 0 aromatic carbocycles. The highest BCUT2D eigenvalue weighted by Gasteiger charge is 2.27. The van der Waals surface area contributed by atoms with Crippen molar-refractivity contribution in [1.82, 2.24) is 0 Å². The number of aliphatic hydroxyl groups excluding tert-OH is 2. The highest BCUT2D eigenvalue weighted by molar-refractivity contribution is 7.47. The molecule has 0 bridgehead atoms. The summed E-state index contributed by atoms with van der Waals surface area (Å²) in [5, 5.41) is 18.1. The molecule has 3 N–H and O–H groups in total. The van der Waals surface area contributed by atoms with Gasteiger partial charge < -0.3 is 24.6 Å². The monoisotopic (exact) mass is 594 g/mol. The van der Waals surface area contributed by atoms with Crippen LogP contribution >= 0.6 is 7.82 Å². The number of phosphoric ester groups is 1. The molecule has 11 heteroatoms. The van der Waals surface area contributed by atoms with Crippen LogP contribution in [0.2, 0.25) is 0 Å². The average Bonchev–Trinajstić information content (AvgIpc) is 2.93. The first-order chi connectivity index (χ1) is 19.2. The predicted octanol–water partition coefficient (Wildman–Crippen LogP) is 6.16. The van der Waals surface area contributed by atoms with Crippen LogP contribution in [-0.2, 0) is 32.7 Å². The average molecular weight is 595 g/mol. The second kappa shape index (κ2) is 26.6. The Morgan fingerprint density at radius 1 is 0.750 bits per heavy atom. The summed E-state index contributed by atoms with van der Waals surface area (Å²) >= 11 is 0. The van der Waals surface area contributed by atoms with Gasteiger partial charge in [-0.15, -0.1) is 0 Å². The predicted molar refractivity (Wildman–Crippen MR) is 155 cm³/mol. The summed E-state index contributed by atoms with van der Waals surface area (Å²) in [6.45, 7) is 2.09. The van der Waals surface area contributed by atoms with Gasteiger partial charge in [0.2, 0.25) is 0 Å². The molecule has 0 spiro atoms. The van der Waals surface area contributed by atoms with Crippen LogP contribution in [-0.4, -0.2) is 65.7 Å². The van der Waals surface area contributed by atoms with Crippen molar-refractivity contribution in [2.75, 3.05) is 26.4 Å². The number of esters is 2. The third-order valence-corrected chi connectivity index (χ3v) is 7.13. The molecule has 1 unspecified atom stereocenters. The number of hydrogen-bond acceptors (Lipinski definition) is 9. The topological polar surface area (TPSA) is 149 Å². The van der Waals surface area contributed by atoms with E-state index < -0.39 is 51.8 Å². The Morgan fingerprint density at radius 3 is 1.85 bits per heavy atom. The van der Waals surface area contributed by atoms with E-state index in [4.69, 9.17) is 19.1 Å². The zero-order valence-corrected chi connectivity index (χ0v) is 25.7. The molecule has 0 aromatic rings. The number of phosphoric acid groups is 1. The summed E-state index contributed by atoms with van der Waals surface area (Å²) in [4.78, 5) is 34.1. The van der Waals surface area contributed by atoms with E-state index in [1.54, 1.807) is 6.08 Å². The van der Waals surface area contributed by atoms with Crippen molar-refractivity contribution < 1.29 is 47.8 Å². The molecule has 0 amide bonds. The van der Waals surface area contributed by atoms with Crippen molar-refractivity contribution in [2.24, 2.45) is 0 Å². The van der Waals surface area contributed by atoms with Crippen LogP contribution in [0.1, 0.15) is 123 Å². The number of carbonyl (C=O) groups excluding carboxylic acids is 2. The molecule has 0 saturated heterocycles. The molecule has 0 rings (SSSR count). The van der Waals surface area contributed by atoms with Gasteiger partial charge in [0.05, 0.1) is 26.2 Å². The fraction of sp³-hybridized carbons (Fsp3) is 0.862. The summed E-state index contributed by atoms with van der Waals surface area (Å²) < 4.78 is 32.0. The number of allylic oxidation sites excluding steroid dienone is 1. The first-order valence-corrected chi connectivity index (χ1v) is 16.6. The minimum absolute atomic E-state index is 0.0567. The van der Waals surface area contributed by atoms with E-state index in [1.807, 2.05) is 13.0 Å². The van der Waals surface area contributed by atoms with Crippen molar-refractivity contribution in [1.29, 1.82) is 0 Å². The molecule has 0 aliphatic carbocycles. The fourth-order valence-electron chi connectivity index (χ4n) is 3.80. The molecule has 0 aliphatic rings. The van der Waals surface area contributed by atoms with E-state index in [9.17, 15) is 24.2 Å². The Hall–Kier alpha value is -1.29. The van der Waals surface area contributed by atoms with Crippen LogP contribution in [0.15, 0.2) is 12.2 Å². The van der Waals surface area contributed by atoms with E-state index in [0.29, 0.717) is 6.42 Å². The molecule has 236 valence electrons. The lowest BCUT2D eigenvalue weighted by molar-refractivity contribution is -0.160. The largest absolute Gasteiger partial charge is 0.472 e. The molecule has 0 heterocycles. The Labute approximate surface area is 241 Å². The van der Waals surface area contributed by atoms with Crippen LogP contribution in [0.5, 0.6) is 0 Å².